The maximum atomic E-state index is 14.3. The number of hydrogen-bond donors (Lipinski definition) is 2. The summed E-state index contributed by atoms with van der Waals surface area (Å²) < 4.78 is 1.70. The van der Waals surface area contributed by atoms with E-state index < -0.39 is 6.04 Å². The molecule has 38 heavy (non-hydrogen) atoms. The quantitative estimate of drug-likeness (QED) is 0.347. The van der Waals surface area contributed by atoms with Crippen LogP contribution in [0.1, 0.15) is 24.2 Å². The molecule has 3 N–H and O–H groups in total. The maximum Gasteiger partial charge on any atom is 0.263 e. The summed E-state index contributed by atoms with van der Waals surface area (Å²) in [7, 11) is 3.91. The summed E-state index contributed by atoms with van der Waals surface area (Å²) in [5.74, 6) is 0.357. The molecule has 3 aromatic heterocycles. The van der Waals surface area contributed by atoms with Crippen LogP contribution in [0.25, 0.3) is 27.6 Å². The molecule has 0 bridgehead atoms. The predicted octanol–water partition coefficient (Wildman–Crippen LogP) is 4.54. The van der Waals surface area contributed by atoms with Crippen molar-refractivity contribution < 1.29 is 0 Å². The van der Waals surface area contributed by atoms with E-state index in [2.05, 4.69) is 26.3 Å². The fourth-order valence-corrected chi connectivity index (χ4v) is 4.47. The largest absolute Gasteiger partial charge is 0.376 e. The van der Waals surface area contributed by atoms with Crippen LogP contribution in [0.2, 0.25) is 0 Å². The van der Waals surface area contributed by atoms with E-state index in [1.807, 2.05) is 86.6 Å². The van der Waals surface area contributed by atoms with Crippen LogP contribution in [0.3, 0.4) is 0 Å². The molecule has 0 saturated heterocycles. The van der Waals surface area contributed by atoms with Gasteiger partial charge in [-0.1, -0.05) is 36.4 Å². The summed E-state index contributed by atoms with van der Waals surface area (Å²) in [4.78, 5) is 28.8. The third-order valence-electron chi connectivity index (χ3n) is 6.37. The van der Waals surface area contributed by atoms with Gasteiger partial charge in [-0.05, 0) is 42.1 Å². The van der Waals surface area contributed by atoms with Gasteiger partial charge in [-0.3, -0.25) is 14.3 Å². The average molecular weight is 503 g/mol. The van der Waals surface area contributed by atoms with Crippen LogP contribution < -0.4 is 21.5 Å². The van der Waals surface area contributed by atoms with E-state index in [1.165, 1.54) is 6.20 Å². The van der Waals surface area contributed by atoms with Crippen LogP contribution in [0.15, 0.2) is 84.0 Å². The lowest BCUT2D eigenvalue weighted by atomic mass is 9.98. The lowest BCUT2D eigenvalue weighted by Gasteiger charge is -2.22. The van der Waals surface area contributed by atoms with Crippen LogP contribution in [0.5, 0.6) is 0 Å². The molecule has 0 spiro atoms. The third-order valence-corrected chi connectivity index (χ3v) is 6.37. The van der Waals surface area contributed by atoms with Gasteiger partial charge in [0.15, 0.2) is 0 Å². The number of nitrogen functional groups attached to an aromatic ring is 1. The summed E-state index contributed by atoms with van der Waals surface area (Å²) in [6.45, 7) is 1.91. The zero-order valence-electron chi connectivity index (χ0n) is 21.3. The molecule has 3 heterocycles. The van der Waals surface area contributed by atoms with Gasteiger partial charge < -0.3 is 16.0 Å². The highest BCUT2D eigenvalue weighted by Crippen LogP contribution is 2.31. The summed E-state index contributed by atoms with van der Waals surface area (Å²) in [5.41, 5.74) is 9.90. The molecular formula is C29H26N8O. The van der Waals surface area contributed by atoms with Gasteiger partial charge in [0, 0.05) is 37.2 Å². The minimum absolute atomic E-state index is 0.0517. The van der Waals surface area contributed by atoms with E-state index in [0.29, 0.717) is 16.9 Å². The number of nitrogens with two attached hydrogens (primary N) is 1. The molecule has 1 atom stereocenters. The number of nitriles is 1. The van der Waals surface area contributed by atoms with Crippen molar-refractivity contribution in [2.75, 3.05) is 30.0 Å². The Labute approximate surface area is 219 Å². The van der Waals surface area contributed by atoms with Crippen molar-refractivity contribution in [3.05, 3.63) is 101 Å². The molecule has 0 radical (unpaired) electrons. The van der Waals surface area contributed by atoms with Gasteiger partial charge in [0.25, 0.3) is 5.56 Å². The molecule has 9 nitrogen and oxygen atoms in total. The first kappa shape index (κ1) is 24.5. The first-order valence-electron chi connectivity index (χ1n) is 12.0. The fraction of sp³-hybridized carbons (Fsp3) is 0.138. The molecule has 5 rings (SSSR count). The van der Waals surface area contributed by atoms with Crippen molar-refractivity contribution in [1.82, 2.24) is 19.5 Å². The summed E-state index contributed by atoms with van der Waals surface area (Å²) >= 11 is 0. The van der Waals surface area contributed by atoms with Gasteiger partial charge in [0.1, 0.15) is 17.5 Å². The molecule has 0 amide bonds. The zero-order valence-corrected chi connectivity index (χ0v) is 21.3. The Bertz CT molecular complexity index is 1740. The van der Waals surface area contributed by atoms with Crippen LogP contribution in [-0.2, 0) is 0 Å². The molecule has 0 aliphatic heterocycles. The van der Waals surface area contributed by atoms with Gasteiger partial charge in [-0.2, -0.15) is 10.2 Å². The van der Waals surface area contributed by atoms with E-state index in [0.717, 1.165) is 27.9 Å². The number of para-hydroxylation sites is 1. The zero-order chi connectivity index (χ0) is 26.8. The Balaban J connectivity index is 1.74. The van der Waals surface area contributed by atoms with Crippen molar-refractivity contribution in [3.63, 3.8) is 0 Å². The van der Waals surface area contributed by atoms with Crippen LogP contribution in [-0.4, -0.2) is 33.6 Å². The number of nitrogens with one attached hydrogen (secondary N) is 1. The van der Waals surface area contributed by atoms with Crippen molar-refractivity contribution in [3.8, 4) is 22.9 Å². The second kappa shape index (κ2) is 10.0. The van der Waals surface area contributed by atoms with Gasteiger partial charge in [-0.25, -0.2) is 4.98 Å². The maximum absolute atomic E-state index is 14.3. The summed E-state index contributed by atoms with van der Waals surface area (Å²) in [6, 6.07) is 21.0. The number of hydrogen-bond acceptors (Lipinski definition) is 8. The van der Waals surface area contributed by atoms with E-state index in [-0.39, 0.29) is 17.1 Å². The molecule has 2 aromatic carbocycles. The van der Waals surface area contributed by atoms with Gasteiger partial charge in [0.2, 0.25) is 5.95 Å². The van der Waals surface area contributed by atoms with Crippen LogP contribution >= 0.6 is 0 Å². The highest BCUT2D eigenvalue weighted by Gasteiger charge is 2.20. The molecular weight excluding hydrogens is 476 g/mol. The highest BCUT2D eigenvalue weighted by atomic mass is 16.1. The normalized spacial score (nSPS) is 11.6. The average Bonchev–Trinajstić information content (AvgIpc) is 2.93. The molecule has 0 aliphatic carbocycles. The van der Waals surface area contributed by atoms with Crippen LogP contribution in [0.4, 0.5) is 17.5 Å². The van der Waals surface area contributed by atoms with E-state index in [1.54, 1.807) is 17.0 Å². The first-order valence-corrected chi connectivity index (χ1v) is 12.0. The topological polar surface area (TPSA) is 126 Å². The number of rotatable bonds is 6. The Kier molecular flexibility index (Phi) is 6.46. The lowest BCUT2D eigenvalue weighted by molar-refractivity contribution is 0.772. The monoisotopic (exact) mass is 502 g/mol. The molecule has 9 heteroatoms. The van der Waals surface area contributed by atoms with Crippen molar-refractivity contribution in [2.24, 2.45) is 0 Å². The minimum Gasteiger partial charge on any atom is -0.376 e. The Morgan fingerprint density at radius 3 is 2.58 bits per heavy atom. The molecule has 5 aromatic rings. The van der Waals surface area contributed by atoms with E-state index in [9.17, 15) is 10.1 Å². The predicted molar refractivity (Wildman–Crippen MR) is 150 cm³/mol. The number of nitrogens with zero attached hydrogens (tertiary/aromatic N) is 6. The third kappa shape index (κ3) is 4.51. The smallest absolute Gasteiger partial charge is 0.263 e. The van der Waals surface area contributed by atoms with Gasteiger partial charge in [-0.15, -0.1) is 0 Å². The van der Waals surface area contributed by atoms with Crippen LogP contribution in [0, 0.1) is 11.3 Å². The lowest BCUT2D eigenvalue weighted by Crippen LogP contribution is -2.26. The molecule has 0 aliphatic rings. The fourth-order valence-electron chi connectivity index (χ4n) is 4.47. The highest BCUT2D eigenvalue weighted by molar-refractivity contribution is 5.96. The standard InChI is InChI=1S/C29H26N8O/c1-18(34-27-21(14-30)16-33-29(31)35-27)25-13-19-8-7-11-24(20-12-23(36(2)3)17-32-15-20)26(19)28(38)37(25)22-9-5-4-6-10-22/h4-13,15-18H,1-3H3,(H3,31,33,34,35)/t18-/m0/s1. The SMILES string of the molecule is C[C@H](Nc1nc(N)ncc1C#N)c1cc2cccc(-c3cncc(N(C)C)c3)c2c(=O)n1-c1ccccc1. The Morgan fingerprint density at radius 1 is 1.05 bits per heavy atom. The second-order valence-electron chi connectivity index (χ2n) is 9.11. The minimum atomic E-state index is -0.406. The summed E-state index contributed by atoms with van der Waals surface area (Å²) in [6.07, 6.45) is 4.94. The van der Waals surface area contributed by atoms with E-state index >= 15 is 0 Å². The van der Waals surface area contributed by atoms with Crippen molar-refractivity contribution in [2.45, 2.75) is 13.0 Å². The first-order chi connectivity index (χ1) is 18.4. The molecule has 0 unspecified atom stereocenters. The molecule has 188 valence electrons. The molecule has 0 fully saturated rings. The van der Waals surface area contributed by atoms with Crippen molar-refractivity contribution in [1.29, 1.82) is 5.26 Å². The Hall–Kier alpha value is -5.23. The number of fused-ring (bicyclic) bond motifs is 1. The number of aromatic nitrogens is 4. The summed E-state index contributed by atoms with van der Waals surface area (Å²) in [5, 5.41) is 14.2. The number of benzene rings is 2. The van der Waals surface area contributed by atoms with E-state index in [4.69, 9.17) is 5.73 Å². The molecule has 0 saturated carbocycles. The Morgan fingerprint density at radius 2 is 1.84 bits per heavy atom. The van der Waals surface area contributed by atoms with Gasteiger partial charge >= 0.3 is 0 Å². The second-order valence-corrected chi connectivity index (χ2v) is 9.11. The number of pyridine rings is 2. The van der Waals surface area contributed by atoms with Crippen molar-refractivity contribution >= 4 is 28.2 Å². The number of anilines is 3. The van der Waals surface area contributed by atoms with Gasteiger partial charge in [0.05, 0.1) is 29.5 Å².